The normalized spacial score (nSPS) is 12.4. The maximum absolute atomic E-state index is 14.1. The van der Waals surface area contributed by atoms with Gasteiger partial charge in [0.05, 0.1) is 5.76 Å². The molecule has 2 aromatic heterocycles. The molecule has 0 saturated carbocycles. The van der Waals surface area contributed by atoms with Crippen LogP contribution in [0.15, 0.2) is 88.6 Å². The third-order valence-electron chi connectivity index (χ3n) is 8.99. The number of halogens is 2. The largest absolute Gasteiger partial charge is 0.512 e. The fourth-order valence-corrected chi connectivity index (χ4v) is 7.38. The zero-order chi connectivity index (χ0) is 32.5. The van der Waals surface area contributed by atoms with Gasteiger partial charge in [0.1, 0.15) is 0 Å². The second-order valence-corrected chi connectivity index (χ2v) is 12.7. The maximum atomic E-state index is 14.1. The first-order valence-corrected chi connectivity index (χ1v) is 16.7. The van der Waals surface area contributed by atoms with E-state index in [1.54, 1.807) is 18.0 Å². The number of aliphatic hydroxyl groups is 1. The Morgan fingerprint density at radius 3 is 2.30 bits per heavy atom. The second-order valence-electron chi connectivity index (χ2n) is 11.6. The van der Waals surface area contributed by atoms with Crippen LogP contribution >= 0.6 is 11.8 Å². The summed E-state index contributed by atoms with van der Waals surface area (Å²) < 4.78 is 27.9. The van der Waals surface area contributed by atoms with Crippen molar-refractivity contribution in [3.05, 3.63) is 96.4 Å². The van der Waals surface area contributed by atoms with Crippen LogP contribution < -0.4 is 0 Å². The summed E-state index contributed by atoms with van der Waals surface area (Å²) in [4.78, 5) is 22.3. The first-order chi connectivity index (χ1) is 22.3. The molecule has 7 rings (SSSR count). The average molecular weight is 826 g/mol. The summed E-state index contributed by atoms with van der Waals surface area (Å²) >= 11 is 1.57. The van der Waals surface area contributed by atoms with Crippen molar-refractivity contribution >= 4 is 60.8 Å². The van der Waals surface area contributed by atoms with Gasteiger partial charge in [-0.1, -0.05) is 69.0 Å². The third-order valence-corrected chi connectivity index (χ3v) is 10.0. The van der Waals surface area contributed by atoms with Crippen molar-refractivity contribution in [2.45, 2.75) is 63.3 Å². The molecule has 4 nitrogen and oxygen atoms in total. The number of aliphatic hydroxyl groups excluding tert-OH is 1. The van der Waals surface area contributed by atoms with Crippen LogP contribution in [0, 0.1) is 29.5 Å². The minimum absolute atomic E-state index is 0. The van der Waals surface area contributed by atoms with E-state index in [1.165, 1.54) is 18.2 Å². The molecule has 4 aromatic carbocycles. The van der Waals surface area contributed by atoms with Crippen LogP contribution in [0.1, 0.15) is 53.4 Å². The standard InChI is InChI=1S/C26H11F2N2S.C13H24O2.Ir/c27-20-10-13-5-6-15-16-7-8-29-25-19-9-14-3-1-2-4-22(14)30-26(19)31-23(24(16)25)12-18(15)17(13)11-21(20)28;1-5-10(6-2)12(14)9-13(15)11(7-3)8-4;/h1-8,10-12H;9-11,14H,5-8H2,1-4H3;/q-1;;/b;12-9-;. The molecule has 1 N–H and O–H groups in total. The number of benzene rings is 4. The molecule has 1 aliphatic heterocycles. The molecule has 3 heterocycles. The van der Waals surface area contributed by atoms with Crippen LogP contribution in [0.25, 0.3) is 54.5 Å². The molecule has 0 saturated heterocycles. The van der Waals surface area contributed by atoms with Crippen LogP contribution in [0.5, 0.6) is 0 Å². The smallest absolute Gasteiger partial charge is 0.162 e. The van der Waals surface area contributed by atoms with E-state index in [1.807, 2.05) is 76.2 Å². The van der Waals surface area contributed by atoms with Gasteiger partial charge in [-0.25, -0.2) is 8.78 Å². The molecule has 47 heavy (non-hydrogen) atoms. The monoisotopic (exact) mass is 826 g/mol. The molecular weight excluding hydrogens is 791 g/mol. The number of aromatic nitrogens is 2. The molecule has 0 amide bonds. The van der Waals surface area contributed by atoms with E-state index in [0.29, 0.717) is 10.8 Å². The number of allylic oxidation sites excluding steroid dienone is 2. The molecule has 6 aromatic rings. The zero-order valence-corrected chi connectivity index (χ0v) is 29.9. The molecule has 0 atom stereocenters. The zero-order valence-electron chi connectivity index (χ0n) is 26.7. The predicted molar refractivity (Wildman–Crippen MR) is 184 cm³/mol. The van der Waals surface area contributed by atoms with Gasteiger partial charge in [-0.05, 0) is 87.8 Å². The number of hydrogen-bond donors (Lipinski definition) is 1. The van der Waals surface area contributed by atoms with Crippen LogP contribution in [0.4, 0.5) is 8.78 Å². The number of pyridine rings is 2. The predicted octanol–water partition coefficient (Wildman–Crippen LogP) is 11.2. The minimum atomic E-state index is -0.843. The molecule has 0 spiro atoms. The molecular formula is C39H35F2IrN2O2S-. The SMILES string of the molecule is CCC(CC)C(=O)/C=C(\O)C(CC)CC.Fc1cc2ccc3c4ccnc5c4c(cc3c2cc1F)Sc1nc2ccccc2[c-]c1-5.[Ir]. The van der Waals surface area contributed by atoms with Gasteiger partial charge in [-0.15, -0.1) is 23.9 Å². The molecule has 8 heteroatoms. The van der Waals surface area contributed by atoms with Crippen molar-refractivity contribution < 1.29 is 38.8 Å². The average Bonchev–Trinajstić information content (AvgIpc) is 3.06. The molecule has 243 valence electrons. The molecule has 1 radical (unpaired) electrons. The van der Waals surface area contributed by atoms with Gasteiger partial charge >= 0.3 is 0 Å². The summed E-state index contributed by atoms with van der Waals surface area (Å²) in [6.45, 7) is 8.07. The molecule has 0 fully saturated rings. The van der Waals surface area contributed by atoms with Crippen molar-refractivity contribution in [1.29, 1.82) is 0 Å². The number of fused-ring (bicyclic) bond motifs is 7. The summed E-state index contributed by atoms with van der Waals surface area (Å²) in [6.07, 6.45) is 6.70. The van der Waals surface area contributed by atoms with Gasteiger partial charge in [-0.3, -0.25) is 9.78 Å². The Morgan fingerprint density at radius 1 is 0.872 bits per heavy atom. The van der Waals surface area contributed by atoms with Crippen molar-refractivity contribution in [1.82, 2.24) is 9.97 Å². The summed E-state index contributed by atoms with van der Waals surface area (Å²) in [7, 11) is 0. The third kappa shape index (κ3) is 6.56. The van der Waals surface area contributed by atoms with Crippen LogP contribution in [-0.4, -0.2) is 20.9 Å². The van der Waals surface area contributed by atoms with Crippen molar-refractivity contribution in [2.75, 3.05) is 0 Å². The summed E-state index contributed by atoms with van der Waals surface area (Å²) in [5.74, 6) is -1.13. The van der Waals surface area contributed by atoms with Crippen molar-refractivity contribution in [3.63, 3.8) is 0 Å². The van der Waals surface area contributed by atoms with E-state index >= 15 is 0 Å². The Labute approximate surface area is 291 Å². The number of para-hydroxylation sites is 1. The number of nitrogens with zero attached hydrogens (tertiary/aromatic N) is 2. The number of carbonyl (C=O) groups is 1. The maximum Gasteiger partial charge on any atom is 0.162 e. The first-order valence-electron chi connectivity index (χ1n) is 15.9. The Bertz CT molecular complexity index is 2160. The van der Waals surface area contributed by atoms with Gasteiger partial charge in [0.25, 0.3) is 0 Å². The van der Waals surface area contributed by atoms with E-state index in [0.717, 1.165) is 79.3 Å². The van der Waals surface area contributed by atoms with Gasteiger partial charge in [0.2, 0.25) is 0 Å². The molecule has 0 unspecified atom stereocenters. The van der Waals surface area contributed by atoms with E-state index in [4.69, 9.17) is 4.98 Å². The van der Waals surface area contributed by atoms with Gasteiger partial charge < -0.3 is 10.1 Å². The summed E-state index contributed by atoms with van der Waals surface area (Å²) in [5, 5.41) is 16.9. The van der Waals surface area contributed by atoms with E-state index in [9.17, 15) is 18.7 Å². The fraction of sp³-hybridized carbons (Fsp3) is 0.256. The Kier molecular flexibility index (Phi) is 10.7. The fourth-order valence-electron chi connectivity index (χ4n) is 6.29. The number of ketones is 1. The number of rotatable bonds is 7. The molecule has 1 aliphatic rings. The van der Waals surface area contributed by atoms with E-state index in [2.05, 4.69) is 11.1 Å². The first kappa shape index (κ1) is 34.6. The van der Waals surface area contributed by atoms with Crippen LogP contribution in [-0.2, 0) is 24.9 Å². The Morgan fingerprint density at radius 2 is 1.57 bits per heavy atom. The van der Waals surface area contributed by atoms with Crippen molar-refractivity contribution in [3.8, 4) is 11.3 Å². The summed E-state index contributed by atoms with van der Waals surface area (Å²) in [5.41, 5.74) is 2.63. The van der Waals surface area contributed by atoms with Gasteiger partial charge in [0.15, 0.2) is 17.4 Å². The minimum Gasteiger partial charge on any atom is -0.512 e. The van der Waals surface area contributed by atoms with E-state index < -0.39 is 11.6 Å². The van der Waals surface area contributed by atoms with E-state index in [-0.39, 0.29) is 43.5 Å². The summed E-state index contributed by atoms with van der Waals surface area (Å²) in [6, 6.07) is 21.8. The van der Waals surface area contributed by atoms with Crippen LogP contribution in [0.2, 0.25) is 0 Å². The Hall–Kier alpha value is -3.71. The molecule has 0 bridgehead atoms. The second kappa shape index (κ2) is 14.6. The number of hydrogen-bond acceptors (Lipinski definition) is 5. The van der Waals surface area contributed by atoms with Crippen molar-refractivity contribution in [2.24, 2.45) is 11.8 Å². The topological polar surface area (TPSA) is 63.1 Å². The Balaban J connectivity index is 0.000000234. The number of carbonyl (C=O) groups excluding carboxylic acids is 1. The van der Waals surface area contributed by atoms with Gasteiger partial charge in [-0.2, -0.15) is 0 Å². The van der Waals surface area contributed by atoms with Gasteiger partial charge in [0, 0.05) is 59.8 Å². The quantitative estimate of drug-likeness (QED) is 0.0751. The van der Waals surface area contributed by atoms with Crippen LogP contribution in [0.3, 0.4) is 0 Å². The molecule has 0 aliphatic carbocycles.